The van der Waals surface area contributed by atoms with Crippen LogP contribution in [0.25, 0.3) is 0 Å². The number of thioether (sulfide) groups is 1. The van der Waals surface area contributed by atoms with Gasteiger partial charge in [-0.15, -0.1) is 11.8 Å². The van der Waals surface area contributed by atoms with Crippen LogP contribution < -0.4 is 10.1 Å². The molecule has 0 unspecified atom stereocenters. The predicted octanol–water partition coefficient (Wildman–Crippen LogP) is 3.60. The molecule has 21 heavy (non-hydrogen) atoms. The molecule has 110 valence electrons. The van der Waals surface area contributed by atoms with Gasteiger partial charge in [0.1, 0.15) is 12.4 Å². The van der Waals surface area contributed by atoms with E-state index in [0.717, 1.165) is 5.69 Å². The fourth-order valence-electron chi connectivity index (χ4n) is 1.79. The highest BCUT2D eigenvalue weighted by molar-refractivity contribution is 7.98. The first-order valence-electron chi connectivity index (χ1n) is 6.53. The largest absolute Gasteiger partial charge is 0.492 e. The highest BCUT2D eigenvalue weighted by atomic mass is 32.2. The molecule has 2 N–H and O–H groups in total. The van der Waals surface area contributed by atoms with Gasteiger partial charge in [0, 0.05) is 17.1 Å². The molecule has 0 heterocycles. The Balaban J connectivity index is 1.77. The van der Waals surface area contributed by atoms with Crippen molar-refractivity contribution in [3.63, 3.8) is 0 Å². The fourth-order valence-corrected chi connectivity index (χ4v) is 2.25. The molecule has 0 aliphatic heterocycles. The Hall–Kier alpha value is -2.14. The van der Waals surface area contributed by atoms with E-state index in [-0.39, 0.29) is 5.56 Å². The number of carboxylic acids is 1. The molecule has 0 aromatic heterocycles. The highest BCUT2D eigenvalue weighted by Gasteiger charge is 2.02. The first-order valence-corrected chi connectivity index (χ1v) is 7.75. The van der Waals surface area contributed by atoms with Gasteiger partial charge >= 0.3 is 5.97 Å². The molecule has 0 spiro atoms. The van der Waals surface area contributed by atoms with E-state index < -0.39 is 5.97 Å². The SMILES string of the molecule is CSc1cccc(NCCOc2ccc(C(=O)O)cc2)c1. The zero-order chi connectivity index (χ0) is 15.1. The van der Waals surface area contributed by atoms with Crippen LogP contribution in [-0.4, -0.2) is 30.5 Å². The van der Waals surface area contributed by atoms with Gasteiger partial charge in [0.05, 0.1) is 5.56 Å². The second-order valence-corrected chi connectivity index (χ2v) is 5.22. The lowest BCUT2D eigenvalue weighted by atomic mass is 10.2. The maximum atomic E-state index is 10.7. The van der Waals surface area contributed by atoms with Crippen molar-refractivity contribution in [2.45, 2.75) is 4.90 Å². The van der Waals surface area contributed by atoms with Gasteiger partial charge in [0.15, 0.2) is 0 Å². The topological polar surface area (TPSA) is 58.6 Å². The van der Waals surface area contributed by atoms with Crippen molar-refractivity contribution in [2.75, 3.05) is 24.7 Å². The molecular weight excluding hydrogens is 286 g/mol. The summed E-state index contributed by atoms with van der Waals surface area (Å²) in [6.07, 6.45) is 2.04. The normalized spacial score (nSPS) is 10.1. The van der Waals surface area contributed by atoms with E-state index in [1.54, 1.807) is 23.9 Å². The Morgan fingerprint density at radius 3 is 2.67 bits per heavy atom. The Labute approximate surface area is 128 Å². The number of carbonyl (C=O) groups is 1. The lowest BCUT2D eigenvalue weighted by molar-refractivity contribution is 0.0697. The van der Waals surface area contributed by atoms with Gasteiger partial charge in [-0.1, -0.05) is 6.07 Å². The molecule has 0 atom stereocenters. The number of ether oxygens (including phenoxy) is 1. The standard InChI is InChI=1S/C16H17NO3S/c1-21-15-4-2-3-13(11-15)17-9-10-20-14-7-5-12(6-8-14)16(18)19/h2-8,11,17H,9-10H2,1H3,(H,18,19). The van der Waals surface area contributed by atoms with E-state index in [9.17, 15) is 4.79 Å². The van der Waals surface area contributed by atoms with Gasteiger partial charge in [-0.2, -0.15) is 0 Å². The number of hydrogen-bond donors (Lipinski definition) is 2. The maximum Gasteiger partial charge on any atom is 0.335 e. The van der Waals surface area contributed by atoms with Crippen molar-refractivity contribution in [3.05, 3.63) is 54.1 Å². The van der Waals surface area contributed by atoms with Gasteiger partial charge < -0.3 is 15.2 Å². The molecule has 0 radical (unpaired) electrons. The monoisotopic (exact) mass is 303 g/mol. The summed E-state index contributed by atoms with van der Waals surface area (Å²) in [5.74, 6) is -0.267. The molecule has 0 amide bonds. The van der Waals surface area contributed by atoms with Crippen molar-refractivity contribution in [3.8, 4) is 5.75 Å². The third-order valence-corrected chi connectivity index (χ3v) is 3.60. The second kappa shape index (κ2) is 7.59. The Morgan fingerprint density at radius 1 is 1.24 bits per heavy atom. The van der Waals surface area contributed by atoms with E-state index in [4.69, 9.17) is 9.84 Å². The molecule has 0 aliphatic rings. The smallest absolute Gasteiger partial charge is 0.335 e. The van der Waals surface area contributed by atoms with Gasteiger partial charge in [-0.3, -0.25) is 0 Å². The van der Waals surface area contributed by atoms with Crippen LogP contribution in [-0.2, 0) is 0 Å². The van der Waals surface area contributed by atoms with Crippen LogP contribution in [0.3, 0.4) is 0 Å². The van der Waals surface area contributed by atoms with E-state index in [1.807, 2.05) is 18.4 Å². The summed E-state index contributed by atoms with van der Waals surface area (Å²) in [6, 6.07) is 14.6. The van der Waals surface area contributed by atoms with Crippen LogP contribution in [0, 0.1) is 0 Å². The third kappa shape index (κ3) is 4.72. The van der Waals surface area contributed by atoms with Gasteiger partial charge in [-0.05, 0) is 48.7 Å². The van der Waals surface area contributed by atoms with Crippen LogP contribution >= 0.6 is 11.8 Å². The zero-order valence-corrected chi connectivity index (χ0v) is 12.5. The first-order chi connectivity index (χ1) is 10.2. The van der Waals surface area contributed by atoms with Crippen LogP contribution in [0.5, 0.6) is 5.75 Å². The van der Waals surface area contributed by atoms with Crippen molar-refractivity contribution < 1.29 is 14.6 Å². The zero-order valence-electron chi connectivity index (χ0n) is 11.7. The van der Waals surface area contributed by atoms with E-state index in [0.29, 0.717) is 18.9 Å². The number of anilines is 1. The summed E-state index contributed by atoms with van der Waals surface area (Å²) < 4.78 is 5.56. The summed E-state index contributed by atoms with van der Waals surface area (Å²) in [7, 11) is 0. The van der Waals surface area contributed by atoms with E-state index in [2.05, 4.69) is 17.4 Å². The lowest BCUT2D eigenvalue weighted by Crippen LogP contribution is -2.11. The van der Waals surface area contributed by atoms with Gasteiger partial charge in [-0.25, -0.2) is 4.79 Å². The molecule has 5 heteroatoms. The molecule has 2 rings (SSSR count). The number of rotatable bonds is 7. The lowest BCUT2D eigenvalue weighted by Gasteiger charge is -2.09. The second-order valence-electron chi connectivity index (χ2n) is 4.34. The van der Waals surface area contributed by atoms with Crippen molar-refractivity contribution >= 4 is 23.4 Å². The van der Waals surface area contributed by atoms with Gasteiger partial charge in [0.25, 0.3) is 0 Å². The van der Waals surface area contributed by atoms with Crippen molar-refractivity contribution in [1.29, 1.82) is 0 Å². The molecule has 4 nitrogen and oxygen atoms in total. The van der Waals surface area contributed by atoms with Gasteiger partial charge in [0.2, 0.25) is 0 Å². The number of aromatic carboxylic acids is 1. The van der Waals surface area contributed by atoms with Crippen LogP contribution in [0.2, 0.25) is 0 Å². The maximum absolute atomic E-state index is 10.7. The molecule has 2 aromatic rings. The Bertz CT molecular complexity index is 599. The molecule has 0 saturated heterocycles. The number of nitrogens with one attached hydrogen (secondary N) is 1. The van der Waals surface area contributed by atoms with Crippen molar-refractivity contribution in [1.82, 2.24) is 0 Å². The average Bonchev–Trinajstić information content (AvgIpc) is 2.52. The molecular formula is C16H17NO3S. The number of carboxylic acid groups (broad SMARTS) is 1. The summed E-state index contributed by atoms with van der Waals surface area (Å²) in [6.45, 7) is 1.19. The van der Waals surface area contributed by atoms with E-state index in [1.165, 1.54) is 17.0 Å². The number of benzene rings is 2. The Morgan fingerprint density at radius 2 is 2.00 bits per heavy atom. The van der Waals surface area contributed by atoms with Crippen molar-refractivity contribution in [2.24, 2.45) is 0 Å². The predicted molar refractivity (Wildman–Crippen MR) is 85.6 cm³/mol. The summed E-state index contributed by atoms with van der Waals surface area (Å²) in [4.78, 5) is 11.9. The summed E-state index contributed by atoms with van der Waals surface area (Å²) >= 11 is 1.70. The molecule has 2 aromatic carbocycles. The minimum atomic E-state index is -0.933. The minimum absolute atomic E-state index is 0.259. The summed E-state index contributed by atoms with van der Waals surface area (Å²) in [5.41, 5.74) is 1.32. The van der Waals surface area contributed by atoms with Crippen LogP contribution in [0.15, 0.2) is 53.4 Å². The molecule has 0 saturated carbocycles. The van der Waals surface area contributed by atoms with E-state index >= 15 is 0 Å². The minimum Gasteiger partial charge on any atom is -0.492 e. The van der Waals surface area contributed by atoms with Crippen LogP contribution in [0.1, 0.15) is 10.4 Å². The molecule has 0 bridgehead atoms. The fraction of sp³-hybridized carbons (Fsp3) is 0.188. The molecule has 0 aliphatic carbocycles. The number of hydrogen-bond acceptors (Lipinski definition) is 4. The third-order valence-electron chi connectivity index (χ3n) is 2.87. The average molecular weight is 303 g/mol. The first kappa shape index (κ1) is 15.3. The summed E-state index contributed by atoms with van der Waals surface area (Å²) in [5, 5.41) is 12.1. The quantitative estimate of drug-likeness (QED) is 0.604. The molecule has 0 fully saturated rings. The highest BCUT2D eigenvalue weighted by Crippen LogP contribution is 2.18. The Kier molecular flexibility index (Phi) is 5.51. The van der Waals surface area contributed by atoms with Crippen LogP contribution in [0.4, 0.5) is 5.69 Å².